The molecule has 1 aliphatic heterocycles. The molecule has 33 heavy (non-hydrogen) atoms. The molecular formula is C23H21ClN2O6S. The quantitative estimate of drug-likeness (QED) is 0.502. The Balaban J connectivity index is 1.58. The van der Waals surface area contributed by atoms with Crippen molar-refractivity contribution in [3.05, 3.63) is 77.3 Å². The van der Waals surface area contributed by atoms with Crippen molar-refractivity contribution in [3.8, 4) is 17.2 Å². The Morgan fingerprint density at radius 2 is 1.82 bits per heavy atom. The van der Waals surface area contributed by atoms with E-state index in [4.69, 9.17) is 25.8 Å². The van der Waals surface area contributed by atoms with Gasteiger partial charge in [-0.2, -0.15) is 4.72 Å². The van der Waals surface area contributed by atoms with Crippen molar-refractivity contribution >= 4 is 33.2 Å². The highest BCUT2D eigenvalue weighted by atomic mass is 35.5. The largest absolute Gasteiger partial charge is 0.495 e. The minimum atomic E-state index is -4.07. The van der Waals surface area contributed by atoms with Gasteiger partial charge in [0.1, 0.15) is 11.8 Å². The Labute approximate surface area is 196 Å². The van der Waals surface area contributed by atoms with Crippen LogP contribution in [0.2, 0.25) is 5.02 Å². The Kier molecular flexibility index (Phi) is 6.73. The molecule has 172 valence electrons. The number of sulfonamides is 1. The summed E-state index contributed by atoms with van der Waals surface area (Å²) in [5, 5.41) is 2.89. The number of carbonyl (C=O) groups is 1. The Morgan fingerprint density at radius 3 is 2.55 bits per heavy atom. The van der Waals surface area contributed by atoms with Gasteiger partial charge >= 0.3 is 0 Å². The van der Waals surface area contributed by atoms with Gasteiger partial charge in [-0.15, -0.1) is 0 Å². The fourth-order valence-corrected chi connectivity index (χ4v) is 4.85. The first-order chi connectivity index (χ1) is 15.9. The normalized spacial score (nSPS) is 13.4. The first-order valence-electron chi connectivity index (χ1n) is 9.96. The molecule has 3 aromatic carbocycles. The van der Waals surface area contributed by atoms with E-state index in [1.807, 2.05) is 30.3 Å². The van der Waals surface area contributed by atoms with Gasteiger partial charge in [0.15, 0.2) is 11.5 Å². The molecule has 1 unspecified atom stereocenters. The first kappa shape index (κ1) is 22.9. The topological polar surface area (TPSA) is 103 Å². The fourth-order valence-electron chi connectivity index (χ4n) is 3.31. The number of ether oxygens (including phenoxy) is 3. The number of hydrogen-bond acceptors (Lipinski definition) is 6. The van der Waals surface area contributed by atoms with E-state index in [1.165, 1.54) is 25.3 Å². The summed E-state index contributed by atoms with van der Waals surface area (Å²) in [6.07, 6.45) is 0.139. The minimum absolute atomic E-state index is 0.0813. The minimum Gasteiger partial charge on any atom is -0.495 e. The van der Waals surface area contributed by atoms with E-state index in [1.54, 1.807) is 18.2 Å². The number of nitrogens with one attached hydrogen (secondary N) is 2. The molecule has 1 aliphatic rings. The second-order valence-corrected chi connectivity index (χ2v) is 9.34. The number of anilines is 1. The molecule has 0 aliphatic carbocycles. The standard InChI is InChI=1S/C23H21ClN2O6S/c1-30-20-10-8-17(13-18(20)24)33(28,29)26-19(11-15-5-3-2-4-6-15)23(27)25-16-7-9-21-22(12-16)32-14-31-21/h2-10,12-13,19,26H,11,14H2,1H3,(H,25,27). The zero-order valence-corrected chi connectivity index (χ0v) is 19.2. The predicted molar refractivity (Wildman–Crippen MR) is 123 cm³/mol. The number of halogens is 1. The Bertz CT molecular complexity index is 1270. The highest BCUT2D eigenvalue weighted by Crippen LogP contribution is 2.34. The summed E-state index contributed by atoms with van der Waals surface area (Å²) in [6.45, 7) is 0.105. The lowest BCUT2D eigenvalue weighted by molar-refractivity contribution is -0.117. The van der Waals surface area contributed by atoms with Crippen LogP contribution >= 0.6 is 11.6 Å². The monoisotopic (exact) mass is 488 g/mol. The van der Waals surface area contributed by atoms with Crippen molar-refractivity contribution in [2.24, 2.45) is 0 Å². The molecule has 0 radical (unpaired) electrons. The van der Waals surface area contributed by atoms with E-state index >= 15 is 0 Å². The van der Waals surface area contributed by atoms with Crippen LogP contribution in [0, 0.1) is 0 Å². The summed E-state index contributed by atoms with van der Waals surface area (Å²) < 4.78 is 44.3. The average molecular weight is 489 g/mol. The van der Waals surface area contributed by atoms with E-state index < -0.39 is 22.0 Å². The summed E-state index contributed by atoms with van der Waals surface area (Å²) in [7, 11) is -2.63. The maximum Gasteiger partial charge on any atom is 0.242 e. The van der Waals surface area contributed by atoms with Gasteiger partial charge < -0.3 is 19.5 Å². The number of methoxy groups -OCH3 is 1. The van der Waals surface area contributed by atoms with E-state index in [0.29, 0.717) is 22.9 Å². The number of rotatable bonds is 8. The third-order valence-electron chi connectivity index (χ3n) is 4.97. The SMILES string of the molecule is COc1ccc(S(=O)(=O)NC(Cc2ccccc2)C(=O)Nc2ccc3c(c2)OCO3)cc1Cl. The van der Waals surface area contributed by atoms with Crippen LogP contribution in [0.5, 0.6) is 17.2 Å². The molecule has 0 bridgehead atoms. The lowest BCUT2D eigenvalue weighted by Crippen LogP contribution is -2.45. The van der Waals surface area contributed by atoms with Crippen molar-refractivity contribution in [2.75, 3.05) is 19.2 Å². The molecule has 0 fully saturated rings. The van der Waals surface area contributed by atoms with E-state index in [-0.39, 0.29) is 23.1 Å². The summed E-state index contributed by atoms with van der Waals surface area (Å²) >= 11 is 6.10. The summed E-state index contributed by atoms with van der Waals surface area (Å²) in [6, 6.07) is 17.1. The van der Waals surface area contributed by atoms with Crippen molar-refractivity contribution in [3.63, 3.8) is 0 Å². The highest BCUT2D eigenvalue weighted by molar-refractivity contribution is 7.89. The zero-order chi connectivity index (χ0) is 23.4. The van der Waals surface area contributed by atoms with Gasteiger partial charge in [0.2, 0.25) is 22.7 Å². The summed E-state index contributed by atoms with van der Waals surface area (Å²) in [5.41, 5.74) is 1.24. The van der Waals surface area contributed by atoms with E-state index in [9.17, 15) is 13.2 Å². The molecule has 0 aromatic heterocycles. The van der Waals surface area contributed by atoms with E-state index in [2.05, 4.69) is 10.0 Å². The van der Waals surface area contributed by atoms with Gasteiger partial charge in [-0.05, 0) is 42.3 Å². The molecule has 1 amide bonds. The van der Waals surface area contributed by atoms with Gasteiger partial charge in [-0.25, -0.2) is 8.42 Å². The van der Waals surface area contributed by atoms with Crippen LogP contribution in [0.1, 0.15) is 5.56 Å². The number of carbonyl (C=O) groups excluding carboxylic acids is 1. The van der Waals surface area contributed by atoms with Crippen LogP contribution in [0.4, 0.5) is 5.69 Å². The van der Waals surface area contributed by atoms with Crippen LogP contribution in [0.15, 0.2) is 71.6 Å². The van der Waals surface area contributed by atoms with Crippen molar-refractivity contribution in [1.29, 1.82) is 0 Å². The van der Waals surface area contributed by atoms with Gasteiger partial charge in [-0.3, -0.25) is 4.79 Å². The number of amides is 1. The molecule has 2 N–H and O–H groups in total. The summed E-state index contributed by atoms with van der Waals surface area (Å²) in [4.78, 5) is 13.1. The zero-order valence-electron chi connectivity index (χ0n) is 17.6. The second-order valence-electron chi connectivity index (χ2n) is 7.22. The molecule has 3 aromatic rings. The van der Waals surface area contributed by atoms with Crippen LogP contribution in [0.25, 0.3) is 0 Å². The third-order valence-corrected chi connectivity index (χ3v) is 6.73. The molecule has 8 nitrogen and oxygen atoms in total. The van der Waals surface area contributed by atoms with Crippen LogP contribution < -0.4 is 24.2 Å². The predicted octanol–water partition coefficient (Wildman–Crippen LogP) is 3.61. The van der Waals surface area contributed by atoms with Crippen molar-refractivity contribution in [1.82, 2.24) is 4.72 Å². The Morgan fingerprint density at radius 1 is 1.06 bits per heavy atom. The highest BCUT2D eigenvalue weighted by Gasteiger charge is 2.27. The third kappa shape index (κ3) is 5.39. The average Bonchev–Trinajstić information content (AvgIpc) is 3.27. The summed E-state index contributed by atoms with van der Waals surface area (Å²) in [5.74, 6) is 0.893. The number of hydrogen-bond donors (Lipinski definition) is 2. The lowest BCUT2D eigenvalue weighted by atomic mass is 10.1. The lowest BCUT2D eigenvalue weighted by Gasteiger charge is -2.19. The second kappa shape index (κ2) is 9.70. The van der Waals surface area contributed by atoms with Crippen LogP contribution in [0.3, 0.4) is 0 Å². The molecule has 0 saturated carbocycles. The molecule has 0 spiro atoms. The van der Waals surface area contributed by atoms with Crippen LogP contribution in [-0.2, 0) is 21.2 Å². The molecule has 1 atom stereocenters. The molecule has 0 saturated heterocycles. The Hall–Kier alpha value is -3.27. The van der Waals surface area contributed by atoms with Gasteiger partial charge in [0.25, 0.3) is 0 Å². The number of benzene rings is 3. The fraction of sp³-hybridized carbons (Fsp3) is 0.174. The van der Waals surface area contributed by atoms with Gasteiger partial charge in [0.05, 0.1) is 17.0 Å². The van der Waals surface area contributed by atoms with Crippen molar-refractivity contribution < 1.29 is 27.4 Å². The van der Waals surface area contributed by atoms with Gasteiger partial charge in [-0.1, -0.05) is 41.9 Å². The van der Waals surface area contributed by atoms with Crippen LogP contribution in [-0.4, -0.2) is 34.3 Å². The maximum atomic E-state index is 13.1. The molecular weight excluding hydrogens is 468 g/mol. The molecule has 10 heteroatoms. The van der Waals surface area contributed by atoms with Crippen molar-refractivity contribution in [2.45, 2.75) is 17.4 Å². The molecule has 1 heterocycles. The first-order valence-corrected chi connectivity index (χ1v) is 11.8. The van der Waals surface area contributed by atoms with Gasteiger partial charge in [0, 0.05) is 11.8 Å². The van der Waals surface area contributed by atoms with E-state index in [0.717, 1.165) is 5.56 Å². The maximum absolute atomic E-state index is 13.1. The molecule has 4 rings (SSSR count). The smallest absolute Gasteiger partial charge is 0.242 e. The number of fused-ring (bicyclic) bond motifs is 1.